The minimum absolute atomic E-state index is 0.114. The van der Waals surface area contributed by atoms with E-state index in [1.54, 1.807) is 41.3 Å². The van der Waals surface area contributed by atoms with Crippen LogP contribution in [0.5, 0.6) is 0 Å². The third kappa shape index (κ3) is 5.12. The van der Waals surface area contributed by atoms with Crippen molar-refractivity contribution in [2.24, 2.45) is 5.84 Å². The Morgan fingerprint density at radius 1 is 0.946 bits per heavy atom. The van der Waals surface area contributed by atoms with Crippen molar-refractivity contribution >= 4 is 23.5 Å². The molecule has 37 heavy (non-hydrogen) atoms. The van der Waals surface area contributed by atoms with Gasteiger partial charge in [0.05, 0.1) is 5.69 Å². The number of carbonyl (C=O) groups is 3. The molecule has 3 N–H and O–H groups in total. The molecule has 0 bridgehead atoms. The quantitative estimate of drug-likeness (QED) is 0.373. The number of rotatable bonds is 3. The smallest absolute Gasteiger partial charge is 0.330 e. The first-order valence-electron chi connectivity index (χ1n) is 13.1. The van der Waals surface area contributed by atoms with Crippen LogP contribution < -0.4 is 10.9 Å². The standard InChI is InChI=1S/C28H34N4O5/c29-32-22-15-8-7-12-20(22)18-23(28(36)37-24-16-9-17-30(24)26(34)27(32)35)31(21-13-5-2-6-14-21)25(33)19-10-3-1-4-11-19/h1,3-4,7-8,10-12,15,21,23-24,26,34H,2,5-6,9,13-14,16-18,29H2. The first kappa shape index (κ1) is 25.4. The first-order chi connectivity index (χ1) is 18.0. The van der Waals surface area contributed by atoms with E-state index in [1.807, 2.05) is 18.2 Å². The van der Waals surface area contributed by atoms with Gasteiger partial charge in [0.15, 0.2) is 12.5 Å². The van der Waals surface area contributed by atoms with Crippen molar-refractivity contribution in [2.45, 2.75) is 75.9 Å². The molecule has 3 unspecified atom stereocenters. The molecule has 2 fully saturated rings. The van der Waals surface area contributed by atoms with Crippen LogP contribution >= 0.6 is 0 Å². The molecule has 1 saturated carbocycles. The van der Waals surface area contributed by atoms with Crippen LogP contribution in [0.15, 0.2) is 54.6 Å². The second-order valence-corrected chi connectivity index (χ2v) is 10.1. The number of aliphatic hydroxyl groups is 1. The highest BCUT2D eigenvalue weighted by Gasteiger charge is 2.43. The molecule has 1 aliphatic carbocycles. The molecule has 0 spiro atoms. The Morgan fingerprint density at radius 3 is 2.41 bits per heavy atom. The lowest BCUT2D eigenvalue weighted by Crippen LogP contribution is -2.55. The molecule has 0 aromatic heterocycles. The normalized spacial score (nSPS) is 25.6. The summed E-state index contributed by atoms with van der Waals surface area (Å²) in [5, 5.41) is 11.8. The van der Waals surface area contributed by atoms with Crippen molar-refractivity contribution in [3.05, 3.63) is 65.7 Å². The maximum absolute atomic E-state index is 14.0. The van der Waals surface area contributed by atoms with Crippen LogP contribution in [0.3, 0.4) is 0 Å². The molecule has 2 aromatic rings. The lowest BCUT2D eigenvalue weighted by molar-refractivity contribution is -0.174. The van der Waals surface area contributed by atoms with Crippen LogP contribution in [0.4, 0.5) is 5.69 Å². The minimum atomic E-state index is -1.55. The predicted octanol–water partition coefficient (Wildman–Crippen LogP) is 2.58. The highest BCUT2D eigenvalue weighted by atomic mass is 16.6. The number of anilines is 1. The van der Waals surface area contributed by atoms with Crippen LogP contribution in [0.2, 0.25) is 0 Å². The van der Waals surface area contributed by atoms with E-state index < -0.39 is 30.4 Å². The maximum atomic E-state index is 14.0. The fourth-order valence-electron chi connectivity index (χ4n) is 5.84. The van der Waals surface area contributed by atoms with Gasteiger partial charge in [-0.2, -0.15) is 0 Å². The fraction of sp³-hybridized carbons (Fsp3) is 0.464. The van der Waals surface area contributed by atoms with E-state index in [0.29, 0.717) is 36.2 Å². The Morgan fingerprint density at radius 2 is 1.65 bits per heavy atom. The van der Waals surface area contributed by atoms with Gasteiger partial charge in [0, 0.05) is 24.6 Å². The Hall–Kier alpha value is -3.27. The van der Waals surface area contributed by atoms with Crippen LogP contribution in [0.1, 0.15) is 60.9 Å². The Kier molecular flexibility index (Phi) is 7.55. The lowest BCUT2D eigenvalue weighted by atomic mass is 9.91. The molecule has 196 valence electrons. The average molecular weight is 507 g/mol. The zero-order valence-electron chi connectivity index (χ0n) is 20.9. The van der Waals surface area contributed by atoms with Gasteiger partial charge in [-0.05, 0) is 49.4 Å². The number of carbonyl (C=O) groups excluding carboxylic acids is 3. The summed E-state index contributed by atoms with van der Waals surface area (Å²) < 4.78 is 5.97. The summed E-state index contributed by atoms with van der Waals surface area (Å²) in [6.45, 7) is 0.389. The molecule has 2 heterocycles. The van der Waals surface area contributed by atoms with Gasteiger partial charge >= 0.3 is 5.97 Å². The number of nitrogens with two attached hydrogens (primary N) is 1. The summed E-state index contributed by atoms with van der Waals surface area (Å²) >= 11 is 0. The molecule has 2 aromatic carbocycles. The van der Waals surface area contributed by atoms with E-state index in [1.165, 1.54) is 4.90 Å². The van der Waals surface area contributed by atoms with Gasteiger partial charge in [0.2, 0.25) is 0 Å². The monoisotopic (exact) mass is 506 g/mol. The second-order valence-electron chi connectivity index (χ2n) is 10.1. The third-order valence-electron chi connectivity index (χ3n) is 7.76. The van der Waals surface area contributed by atoms with Crippen molar-refractivity contribution < 1.29 is 24.2 Å². The summed E-state index contributed by atoms with van der Waals surface area (Å²) in [7, 11) is 0. The van der Waals surface area contributed by atoms with Gasteiger partial charge in [0.25, 0.3) is 11.8 Å². The number of aliphatic hydroxyl groups excluding tert-OH is 1. The third-order valence-corrected chi connectivity index (χ3v) is 7.76. The fourth-order valence-corrected chi connectivity index (χ4v) is 5.84. The molecule has 9 nitrogen and oxygen atoms in total. The van der Waals surface area contributed by atoms with E-state index in [0.717, 1.165) is 37.1 Å². The number of para-hydroxylation sites is 1. The van der Waals surface area contributed by atoms with E-state index >= 15 is 0 Å². The van der Waals surface area contributed by atoms with Crippen LogP contribution in [0.25, 0.3) is 0 Å². The van der Waals surface area contributed by atoms with E-state index in [2.05, 4.69) is 0 Å². The molecule has 2 aliphatic heterocycles. The Labute approximate surface area is 216 Å². The SMILES string of the molecule is NN1C(=O)C(O)N2CCCC2OC(=O)C(N(C(=O)c2ccccc2)C2CCCCC2)Cc2ccccc21. The molecular weight excluding hydrogens is 472 g/mol. The number of benzene rings is 2. The second kappa shape index (κ2) is 11.0. The topological polar surface area (TPSA) is 116 Å². The Bertz CT molecular complexity index is 1140. The summed E-state index contributed by atoms with van der Waals surface area (Å²) in [5.41, 5.74) is 1.52. The zero-order chi connectivity index (χ0) is 25.9. The number of fused-ring (bicyclic) bond motifs is 2. The lowest BCUT2D eigenvalue weighted by Gasteiger charge is -2.39. The van der Waals surface area contributed by atoms with Gasteiger partial charge in [0.1, 0.15) is 6.04 Å². The number of nitrogens with zero attached hydrogens (tertiary/aromatic N) is 3. The van der Waals surface area contributed by atoms with Gasteiger partial charge in [-0.15, -0.1) is 0 Å². The minimum Gasteiger partial charge on any atom is -0.445 e. The van der Waals surface area contributed by atoms with E-state index in [4.69, 9.17) is 10.6 Å². The maximum Gasteiger partial charge on any atom is 0.330 e. The number of hydrazine groups is 1. The largest absolute Gasteiger partial charge is 0.445 e. The number of hydrogen-bond donors (Lipinski definition) is 2. The highest BCUT2D eigenvalue weighted by molar-refractivity contribution is 5.98. The highest BCUT2D eigenvalue weighted by Crippen LogP contribution is 2.32. The van der Waals surface area contributed by atoms with Crippen LogP contribution in [0, 0.1) is 0 Å². The molecule has 2 amide bonds. The summed E-state index contributed by atoms with van der Waals surface area (Å²) in [4.78, 5) is 44.2. The predicted molar refractivity (Wildman–Crippen MR) is 137 cm³/mol. The number of amides is 2. The van der Waals surface area contributed by atoms with Crippen LogP contribution in [-0.4, -0.2) is 63.8 Å². The van der Waals surface area contributed by atoms with Gasteiger partial charge in [-0.3, -0.25) is 9.59 Å². The molecule has 1 saturated heterocycles. The van der Waals surface area contributed by atoms with Crippen molar-refractivity contribution in [3.8, 4) is 0 Å². The number of ether oxygens (including phenoxy) is 1. The Balaban J connectivity index is 1.60. The molecule has 5 rings (SSSR count). The van der Waals surface area contributed by atoms with Crippen LogP contribution in [-0.2, 0) is 20.7 Å². The number of esters is 1. The van der Waals surface area contributed by atoms with Crippen molar-refractivity contribution in [1.29, 1.82) is 0 Å². The summed E-state index contributed by atoms with van der Waals surface area (Å²) in [5.74, 6) is 4.80. The van der Waals surface area contributed by atoms with E-state index in [-0.39, 0.29) is 18.4 Å². The zero-order valence-corrected chi connectivity index (χ0v) is 20.9. The molecule has 9 heteroatoms. The van der Waals surface area contributed by atoms with Gasteiger partial charge < -0.3 is 14.7 Å². The molecule has 3 atom stereocenters. The summed E-state index contributed by atoms with van der Waals surface area (Å²) in [6.07, 6.45) is 3.62. The van der Waals surface area contributed by atoms with Gasteiger partial charge in [-0.1, -0.05) is 55.7 Å². The van der Waals surface area contributed by atoms with E-state index in [9.17, 15) is 19.5 Å². The van der Waals surface area contributed by atoms with Crippen molar-refractivity contribution in [2.75, 3.05) is 11.6 Å². The van der Waals surface area contributed by atoms with Crippen molar-refractivity contribution in [1.82, 2.24) is 9.80 Å². The van der Waals surface area contributed by atoms with Crippen molar-refractivity contribution in [3.63, 3.8) is 0 Å². The first-order valence-corrected chi connectivity index (χ1v) is 13.1. The molecule has 3 aliphatic rings. The molecule has 0 radical (unpaired) electrons. The summed E-state index contributed by atoms with van der Waals surface area (Å²) in [6, 6.07) is 15.0. The molecular formula is C28H34N4O5. The average Bonchev–Trinajstić information content (AvgIpc) is 3.40. The van der Waals surface area contributed by atoms with Gasteiger partial charge in [-0.25, -0.2) is 20.5 Å². The number of hydrogen-bond acceptors (Lipinski definition) is 7.